The van der Waals surface area contributed by atoms with Gasteiger partial charge in [-0.2, -0.15) is 0 Å². The summed E-state index contributed by atoms with van der Waals surface area (Å²) >= 11 is 0. The summed E-state index contributed by atoms with van der Waals surface area (Å²) in [6.45, 7) is 2.14. The van der Waals surface area contributed by atoms with Crippen LogP contribution >= 0.6 is 0 Å². The average Bonchev–Trinajstić information content (AvgIpc) is 2.15. The lowest BCUT2D eigenvalue weighted by Crippen LogP contribution is -2.09. The van der Waals surface area contributed by atoms with Crippen molar-refractivity contribution >= 4 is 5.70 Å². The number of rotatable bonds is 3. The highest BCUT2D eigenvalue weighted by molar-refractivity contribution is 5.62. The first-order valence-corrected chi connectivity index (χ1v) is 4.53. The summed E-state index contributed by atoms with van der Waals surface area (Å²) in [5.41, 5.74) is 2.41. The minimum Gasteiger partial charge on any atom is -0.377 e. The summed E-state index contributed by atoms with van der Waals surface area (Å²) in [5, 5.41) is 0. The molecule has 0 N–H and O–H groups in total. The Morgan fingerprint density at radius 2 is 2.31 bits per heavy atom. The molecule has 0 saturated carbocycles. The largest absolute Gasteiger partial charge is 0.377 e. The molecule has 70 valence electrons. The molecule has 1 rings (SSSR count). The molecule has 2 nitrogen and oxygen atoms in total. The monoisotopic (exact) mass is 176 g/mol. The molecule has 0 aliphatic carbocycles. The molecule has 0 saturated heterocycles. The van der Waals surface area contributed by atoms with E-state index in [1.54, 1.807) is 6.20 Å². The van der Waals surface area contributed by atoms with Gasteiger partial charge in [0.15, 0.2) is 0 Å². The van der Waals surface area contributed by atoms with Gasteiger partial charge in [0.25, 0.3) is 0 Å². The number of hydrogen-bond donors (Lipinski definition) is 0. The Morgan fingerprint density at radius 3 is 2.77 bits per heavy atom. The Morgan fingerprint density at radius 1 is 1.54 bits per heavy atom. The lowest BCUT2D eigenvalue weighted by Gasteiger charge is -2.16. The third kappa shape index (κ3) is 2.58. The van der Waals surface area contributed by atoms with Crippen LogP contribution in [0, 0.1) is 0 Å². The molecule has 0 unspecified atom stereocenters. The van der Waals surface area contributed by atoms with Crippen LogP contribution in [0.15, 0.2) is 30.6 Å². The molecular formula is C11H16N2. The standard InChI is InChI=1S/C11H16N2/c1-4-6-11(13(2)3)10-7-5-8-12-9-10/h5-9H,4H2,1-3H3/b11-6-. The van der Waals surface area contributed by atoms with Crippen molar-refractivity contribution < 1.29 is 0 Å². The van der Waals surface area contributed by atoms with Crippen LogP contribution in [0.25, 0.3) is 5.70 Å². The zero-order valence-corrected chi connectivity index (χ0v) is 8.49. The fraction of sp³-hybridized carbons (Fsp3) is 0.364. The number of nitrogens with zero attached hydrogens (tertiary/aromatic N) is 2. The first kappa shape index (κ1) is 9.78. The summed E-state index contributed by atoms with van der Waals surface area (Å²) < 4.78 is 0. The van der Waals surface area contributed by atoms with Crippen molar-refractivity contribution in [3.63, 3.8) is 0 Å². The van der Waals surface area contributed by atoms with E-state index in [0.717, 1.165) is 6.42 Å². The third-order valence-corrected chi connectivity index (χ3v) is 1.84. The summed E-state index contributed by atoms with van der Waals surface area (Å²) in [6, 6.07) is 4.04. The molecule has 0 aliphatic rings. The van der Waals surface area contributed by atoms with Gasteiger partial charge in [-0.3, -0.25) is 4.98 Å². The molecular weight excluding hydrogens is 160 g/mol. The quantitative estimate of drug-likeness (QED) is 0.703. The van der Waals surface area contributed by atoms with Crippen LogP contribution in [0.4, 0.5) is 0 Å². The van der Waals surface area contributed by atoms with E-state index >= 15 is 0 Å². The van der Waals surface area contributed by atoms with E-state index in [0.29, 0.717) is 0 Å². The fourth-order valence-corrected chi connectivity index (χ4v) is 1.27. The second-order valence-corrected chi connectivity index (χ2v) is 3.13. The minimum atomic E-state index is 1.04. The SMILES string of the molecule is CC/C=C(/c1cccnc1)N(C)C. The summed E-state index contributed by atoms with van der Waals surface area (Å²) in [4.78, 5) is 6.21. The van der Waals surface area contributed by atoms with Gasteiger partial charge in [0.1, 0.15) is 0 Å². The molecule has 0 radical (unpaired) electrons. The molecule has 0 aromatic carbocycles. The molecule has 0 atom stereocenters. The van der Waals surface area contributed by atoms with E-state index in [-0.39, 0.29) is 0 Å². The summed E-state index contributed by atoms with van der Waals surface area (Å²) in [7, 11) is 4.10. The highest BCUT2D eigenvalue weighted by Crippen LogP contribution is 2.15. The molecule has 0 spiro atoms. The van der Waals surface area contributed by atoms with Crippen molar-refractivity contribution in [3.05, 3.63) is 36.2 Å². The van der Waals surface area contributed by atoms with Gasteiger partial charge in [0, 0.05) is 37.7 Å². The number of pyridine rings is 1. The van der Waals surface area contributed by atoms with Crippen LogP contribution in [0.2, 0.25) is 0 Å². The highest BCUT2D eigenvalue weighted by atomic mass is 15.1. The molecule has 0 amide bonds. The van der Waals surface area contributed by atoms with E-state index in [1.807, 2.05) is 12.3 Å². The van der Waals surface area contributed by atoms with E-state index in [9.17, 15) is 0 Å². The Kier molecular flexibility index (Phi) is 3.50. The first-order chi connectivity index (χ1) is 6.25. The fourth-order valence-electron chi connectivity index (χ4n) is 1.27. The van der Waals surface area contributed by atoms with Crippen molar-refractivity contribution in [3.8, 4) is 0 Å². The zero-order chi connectivity index (χ0) is 9.68. The van der Waals surface area contributed by atoms with Crippen molar-refractivity contribution in [2.75, 3.05) is 14.1 Å². The van der Waals surface area contributed by atoms with Crippen molar-refractivity contribution in [2.45, 2.75) is 13.3 Å². The van der Waals surface area contributed by atoms with Gasteiger partial charge in [0.05, 0.1) is 0 Å². The Hall–Kier alpha value is -1.31. The maximum atomic E-state index is 4.10. The van der Waals surface area contributed by atoms with E-state index in [4.69, 9.17) is 0 Å². The van der Waals surface area contributed by atoms with Crippen molar-refractivity contribution in [1.29, 1.82) is 0 Å². The van der Waals surface area contributed by atoms with Crippen LogP contribution < -0.4 is 0 Å². The first-order valence-electron chi connectivity index (χ1n) is 4.53. The number of aromatic nitrogens is 1. The van der Waals surface area contributed by atoms with Gasteiger partial charge in [-0.25, -0.2) is 0 Å². The average molecular weight is 176 g/mol. The maximum absolute atomic E-state index is 4.10. The third-order valence-electron chi connectivity index (χ3n) is 1.84. The van der Waals surface area contributed by atoms with Gasteiger partial charge < -0.3 is 4.90 Å². The van der Waals surface area contributed by atoms with Gasteiger partial charge in [-0.05, 0) is 18.6 Å². The van der Waals surface area contributed by atoms with Gasteiger partial charge in [-0.1, -0.05) is 13.0 Å². The smallest absolute Gasteiger partial charge is 0.0409 e. The van der Waals surface area contributed by atoms with Crippen molar-refractivity contribution in [1.82, 2.24) is 9.88 Å². The van der Waals surface area contributed by atoms with E-state index in [1.165, 1.54) is 11.3 Å². The Balaban J connectivity index is 2.96. The maximum Gasteiger partial charge on any atom is 0.0409 e. The van der Waals surface area contributed by atoms with Gasteiger partial charge >= 0.3 is 0 Å². The molecule has 1 heterocycles. The van der Waals surface area contributed by atoms with Crippen molar-refractivity contribution in [2.24, 2.45) is 0 Å². The Labute approximate surface area is 79.9 Å². The molecule has 1 aromatic heterocycles. The van der Waals surface area contributed by atoms with E-state index in [2.05, 4.69) is 43.0 Å². The topological polar surface area (TPSA) is 16.1 Å². The molecule has 0 fully saturated rings. The lowest BCUT2D eigenvalue weighted by atomic mass is 10.2. The Bertz CT molecular complexity index is 275. The predicted octanol–water partition coefficient (Wildman–Crippen LogP) is 2.39. The second kappa shape index (κ2) is 4.65. The molecule has 2 heteroatoms. The van der Waals surface area contributed by atoms with Crippen LogP contribution in [-0.4, -0.2) is 24.0 Å². The molecule has 1 aromatic rings. The number of hydrogen-bond acceptors (Lipinski definition) is 2. The van der Waals surface area contributed by atoms with E-state index < -0.39 is 0 Å². The molecule has 13 heavy (non-hydrogen) atoms. The van der Waals surface area contributed by atoms with Crippen LogP contribution in [0.5, 0.6) is 0 Å². The van der Waals surface area contributed by atoms with Crippen LogP contribution in [0.3, 0.4) is 0 Å². The zero-order valence-electron chi connectivity index (χ0n) is 8.49. The van der Waals surface area contributed by atoms with Gasteiger partial charge in [0.2, 0.25) is 0 Å². The number of allylic oxidation sites excluding steroid dienone is 1. The second-order valence-electron chi connectivity index (χ2n) is 3.13. The lowest BCUT2D eigenvalue weighted by molar-refractivity contribution is 0.589. The summed E-state index contributed by atoms with van der Waals surface area (Å²) in [5.74, 6) is 0. The molecule has 0 bridgehead atoms. The normalized spacial score (nSPS) is 11.5. The minimum absolute atomic E-state index is 1.04. The molecule has 0 aliphatic heterocycles. The highest BCUT2D eigenvalue weighted by Gasteiger charge is 2.01. The van der Waals surface area contributed by atoms with Crippen LogP contribution in [-0.2, 0) is 0 Å². The van der Waals surface area contributed by atoms with Gasteiger partial charge in [-0.15, -0.1) is 0 Å². The van der Waals surface area contributed by atoms with Crippen LogP contribution in [0.1, 0.15) is 18.9 Å². The summed E-state index contributed by atoms with van der Waals surface area (Å²) in [6.07, 6.45) is 6.93. The predicted molar refractivity (Wildman–Crippen MR) is 56.2 cm³/mol.